The van der Waals surface area contributed by atoms with Gasteiger partial charge in [0.15, 0.2) is 0 Å². The standard InChI is InChI=1S/C72H100Ge2S4/c1-17-65(18-2)45-69(25-9,26-10)59-49(65)43-50-60(70(27-11,28-12)46-66(50,19-3)20-4)63(59)73(57-39-37-55(77-57)53-35-33-41-75-53)74(58-40-38-56(78-58)54-36-34-42-76-54)64-61-51(67(21-5,22-6)47-71(61,29-13)30-14)44-52-62(64)72(31-15,32-16)48-68(52,23-7)24-8/h33-44H,17-32,45-48H2,1-16H3/b74-73+. The second kappa shape index (κ2) is 22.4. The summed E-state index contributed by atoms with van der Waals surface area (Å²) in [6.45, 7) is 41.9. The number of hydrogen-bond donors (Lipinski definition) is 0. The Morgan fingerprint density at radius 3 is 0.756 bits per heavy atom. The van der Waals surface area contributed by atoms with E-state index in [2.05, 4.69) is 214 Å². The van der Waals surface area contributed by atoms with Crippen molar-refractivity contribution < 1.29 is 0 Å². The number of thiophene rings is 4. The fraction of sp³-hybridized carbons (Fsp3) is 0.611. The summed E-state index contributed by atoms with van der Waals surface area (Å²) in [5.41, 5.74) is 16.5. The first kappa shape index (κ1) is 59.5. The zero-order chi connectivity index (χ0) is 55.8. The van der Waals surface area contributed by atoms with Gasteiger partial charge in [0.2, 0.25) is 0 Å². The van der Waals surface area contributed by atoms with E-state index in [4.69, 9.17) is 0 Å². The average Bonchev–Trinajstić information content (AvgIpc) is 4.49. The number of hydrogen-bond acceptors (Lipinski definition) is 4. The predicted octanol–water partition coefficient (Wildman–Crippen LogP) is 20.3. The maximum atomic E-state index is 3.03. The normalized spacial score (nSPS) is 20.4. The summed E-state index contributed by atoms with van der Waals surface area (Å²) in [5.74, 6) is 0. The summed E-state index contributed by atoms with van der Waals surface area (Å²) in [6, 6.07) is 26.5. The summed E-state index contributed by atoms with van der Waals surface area (Å²) >= 11 is 2.92. The van der Waals surface area contributed by atoms with Crippen LogP contribution in [0.4, 0.5) is 0 Å². The Morgan fingerprint density at radius 1 is 0.308 bits per heavy atom. The van der Waals surface area contributed by atoms with E-state index in [1.165, 1.54) is 148 Å². The summed E-state index contributed by atoms with van der Waals surface area (Å²) in [7, 11) is 0. The van der Waals surface area contributed by atoms with Gasteiger partial charge in [0.1, 0.15) is 0 Å². The molecule has 0 radical (unpaired) electrons. The van der Waals surface area contributed by atoms with Gasteiger partial charge in [-0.1, -0.05) is 0 Å². The molecular weight excluding hydrogens is 1140 g/mol. The van der Waals surface area contributed by atoms with Crippen molar-refractivity contribution in [3.05, 3.63) is 116 Å². The Balaban J connectivity index is 1.60. The molecule has 4 heterocycles. The fourth-order valence-electron chi connectivity index (χ4n) is 18.8. The molecule has 2 aromatic carbocycles. The van der Waals surface area contributed by atoms with Crippen LogP contribution in [0.3, 0.4) is 0 Å². The van der Waals surface area contributed by atoms with E-state index >= 15 is 0 Å². The zero-order valence-electron chi connectivity index (χ0n) is 51.7. The third kappa shape index (κ3) is 8.38. The molecular formula is C72H100Ge2S4. The van der Waals surface area contributed by atoms with Crippen LogP contribution in [0.5, 0.6) is 0 Å². The molecule has 0 spiro atoms. The third-order valence-corrected chi connectivity index (χ3v) is 60.7. The molecule has 4 aliphatic rings. The average molecular weight is 1240 g/mol. The molecule has 4 aliphatic carbocycles. The van der Waals surface area contributed by atoms with Crippen LogP contribution in [0.15, 0.2) is 71.4 Å². The van der Waals surface area contributed by atoms with Crippen molar-refractivity contribution in [1.29, 1.82) is 0 Å². The predicted molar refractivity (Wildman–Crippen MR) is 355 cm³/mol. The molecule has 0 amide bonds. The quantitative estimate of drug-likeness (QED) is 0.0594. The van der Waals surface area contributed by atoms with Crippen molar-refractivity contribution >= 4 is 85.2 Å². The van der Waals surface area contributed by atoms with Crippen molar-refractivity contribution in [2.45, 2.75) is 283 Å². The molecule has 0 saturated carbocycles. The van der Waals surface area contributed by atoms with Crippen molar-refractivity contribution in [3.8, 4) is 19.5 Å². The van der Waals surface area contributed by atoms with Crippen molar-refractivity contribution in [2.75, 3.05) is 0 Å². The van der Waals surface area contributed by atoms with Gasteiger partial charge in [0, 0.05) is 0 Å². The first-order valence-electron chi connectivity index (χ1n) is 32.1. The molecule has 0 fully saturated rings. The molecule has 0 nitrogen and oxygen atoms in total. The Bertz CT molecular complexity index is 2790. The summed E-state index contributed by atoms with van der Waals surface area (Å²) < 4.78 is 7.83. The Kier molecular flexibility index (Phi) is 17.1. The van der Waals surface area contributed by atoms with Crippen molar-refractivity contribution in [1.82, 2.24) is 0 Å². The molecule has 420 valence electrons. The van der Waals surface area contributed by atoms with Crippen LogP contribution in [0.25, 0.3) is 19.5 Å². The third-order valence-electron chi connectivity index (χ3n) is 24.6. The van der Waals surface area contributed by atoms with Crippen LogP contribution in [0.1, 0.15) is 284 Å². The second-order valence-electron chi connectivity index (χ2n) is 25.8. The molecule has 4 aromatic heterocycles. The molecule has 6 aromatic rings. The molecule has 0 N–H and O–H groups in total. The fourth-order valence-corrected chi connectivity index (χ4v) is 62.5. The van der Waals surface area contributed by atoms with Gasteiger partial charge in [-0.25, -0.2) is 0 Å². The summed E-state index contributed by atoms with van der Waals surface area (Å²) in [5, 5.41) is 4.67. The Hall–Kier alpha value is -1.67. The molecule has 6 heteroatoms. The minimum atomic E-state index is -2.80. The van der Waals surface area contributed by atoms with Gasteiger partial charge in [-0.3, -0.25) is 0 Å². The molecule has 0 saturated heterocycles. The Labute approximate surface area is 498 Å². The molecule has 0 atom stereocenters. The van der Waals surface area contributed by atoms with Crippen LogP contribution in [0.2, 0.25) is 0 Å². The molecule has 0 unspecified atom stereocenters. The molecule has 0 bridgehead atoms. The van der Waals surface area contributed by atoms with Crippen LogP contribution in [-0.2, 0) is 43.3 Å². The number of benzene rings is 2. The van der Waals surface area contributed by atoms with Gasteiger partial charge in [-0.2, -0.15) is 0 Å². The second-order valence-corrected chi connectivity index (χ2v) is 49.8. The van der Waals surface area contributed by atoms with Crippen LogP contribution < -0.4 is 16.2 Å². The maximum absolute atomic E-state index is 3.03. The van der Waals surface area contributed by atoms with Gasteiger partial charge in [-0.05, 0) is 0 Å². The van der Waals surface area contributed by atoms with Gasteiger partial charge in [0.25, 0.3) is 0 Å². The van der Waals surface area contributed by atoms with E-state index in [1.54, 1.807) is 0 Å². The number of rotatable bonds is 22. The van der Waals surface area contributed by atoms with Gasteiger partial charge in [-0.15, -0.1) is 0 Å². The van der Waals surface area contributed by atoms with Crippen LogP contribution in [0, 0.1) is 0 Å². The van der Waals surface area contributed by atoms with E-state index in [9.17, 15) is 0 Å². The van der Waals surface area contributed by atoms with Crippen LogP contribution in [-0.4, -0.2) is 23.7 Å². The Morgan fingerprint density at radius 2 is 0.551 bits per heavy atom. The van der Waals surface area contributed by atoms with E-state index in [0.717, 1.165) is 0 Å². The van der Waals surface area contributed by atoms with E-state index in [1.807, 2.05) is 74.6 Å². The van der Waals surface area contributed by atoms with Gasteiger partial charge < -0.3 is 0 Å². The topological polar surface area (TPSA) is 0 Å². The van der Waals surface area contributed by atoms with Crippen LogP contribution >= 0.6 is 45.3 Å². The van der Waals surface area contributed by atoms with E-state index in [-0.39, 0.29) is 43.3 Å². The summed E-state index contributed by atoms with van der Waals surface area (Å²) in [6.07, 6.45) is 25.1. The van der Waals surface area contributed by atoms with E-state index in [0.29, 0.717) is 0 Å². The minimum absolute atomic E-state index is 0.155. The number of fused-ring (bicyclic) bond motifs is 4. The van der Waals surface area contributed by atoms with Gasteiger partial charge >= 0.3 is 503 Å². The monoisotopic (exact) mass is 1240 g/mol. The first-order valence-corrected chi connectivity index (χ1v) is 46.2. The van der Waals surface area contributed by atoms with Crippen molar-refractivity contribution in [3.63, 3.8) is 0 Å². The SMILES string of the molecule is CCC1(CC)CC(CC)(CC)c2c1cc1c([c]2/[Ge]([c]2ccc(-c3cccs3)s2)=[Ge](\[c]2ccc(-c3cccs3)s2)[c]2c3c(cc4c2C(CC)(CC)CC4(CC)CC)C(CC)(CC)CC3(CC)CC)C(CC)(CC)CC1(CC)CC. The summed E-state index contributed by atoms with van der Waals surface area (Å²) in [4.78, 5) is 5.96. The molecule has 0 aliphatic heterocycles. The first-order chi connectivity index (χ1) is 37.6. The van der Waals surface area contributed by atoms with Gasteiger partial charge in [0.05, 0.1) is 0 Å². The zero-order valence-corrected chi connectivity index (χ0v) is 59.2. The molecule has 78 heavy (non-hydrogen) atoms. The van der Waals surface area contributed by atoms with Crippen molar-refractivity contribution in [2.24, 2.45) is 0 Å². The molecule has 10 rings (SSSR count). The van der Waals surface area contributed by atoms with E-state index < -0.39 is 23.7 Å².